The first-order valence-corrected chi connectivity index (χ1v) is 22.0. The molecule has 4 aromatic carbocycles. The van der Waals surface area contributed by atoms with Crippen molar-refractivity contribution in [3.05, 3.63) is 105 Å². The minimum Gasteiger partial charge on any atom is -0.497 e. The largest absolute Gasteiger partial charge is 0.497 e. The summed E-state index contributed by atoms with van der Waals surface area (Å²) >= 11 is 1.91. The maximum Gasteiger partial charge on any atom is 0.404 e. The molecule has 0 aliphatic heterocycles. The first-order chi connectivity index (χ1) is 27.9. The van der Waals surface area contributed by atoms with Crippen LogP contribution in [0.1, 0.15) is 37.5 Å². The number of tetrazole rings is 1. The Morgan fingerprint density at radius 1 is 0.831 bits per heavy atom. The molecule has 0 saturated heterocycles. The number of aromatic nitrogens is 4. The standard InChI is InChI=1S/C39H46IN7O10S2/c1-39(2,3)36(32(48)24-57-38(41)49)44-58(50,51)33-20-19-31(40)34(37-42-45-47(43-37)23-27-11-17-30(56-6)18-12-27)35(33)59(52,53)46(21-25-7-13-28(54-4)14-8-25)22-26-9-15-29(55-5)16-10-26/h7-20,32,36,44,48H,21-24H2,1-6H3,(H2,41,49)/t32-,36?/m1/s1. The van der Waals surface area contributed by atoms with E-state index in [2.05, 4.69) is 20.1 Å². The highest BCUT2D eigenvalue weighted by atomic mass is 127. The molecule has 0 aliphatic rings. The van der Waals surface area contributed by atoms with Gasteiger partial charge in [0.2, 0.25) is 25.9 Å². The number of nitrogens with two attached hydrogens (primary N) is 1. The predicted octanol–water partition coefficient (Wildman–Crippen LogP) is 4.56. The summed E-state index contributed by atoms with van der Waals surface area (Å²) in [5, 5.41) is 24.1. The topological polar surface area (TPSA) is 227 Å². The minimum atomic E-state index is -4.85. The highest BCUT2D eigenvalue weighted by Crippen LogP contribution is 2.38. The SMILES string of the molecule is COc1ccc(CN(Cc2ccc(OC)cc2)S(=O)(=O)c2c(S(=O)(=O)NC([C@H](O)COC(N)=O)C(C)(C)C)ccc(I)c2-c2nnn(Cc3ccc(OC)cc3)n2)cc1. The van der Waals surface area contributed by atoms with Gasteiger partial charge in [0.15, 0.2) is 0 Å². The van der Waals surface area contributed by atoms with Crippen molar-refractivity contribution in [3.8, 4) is 28.6 Å². The lowest BCUT2D eigenvalue weighted by atomic mass is 9.84. The molecule has 0 bridgehead atoms. The summed E-state index contributed by atoms with van der Waals surface area (Å²) in [4.78, 5) is 11.4. The van der Waals surface area contributed by atoms with E-state index in [0.717, 1.165) is 9.87 Å². The summed E-state index contributed by atoms with van der Waals surface area (Å²) < 4.78 is 85.2. The van der Waals surface area contributed by atoms with Crippen molar-refractivity contribution in [2.75, 3.05) is 27.9 Å². The van der Waals surface area contributed by atoms with E-state index < -0.39 is 60.1 Å². The fraction of sp³-hybridized carbons (Fsp3) is 0.333. The van der Waals surface area contributed by atoms with Crippen LogP contribution in [0.25, 0.3) is 11.4 Å². The third-order valence-corrected chi connectivity index (χ3v) is 13.5. The first-order valence-electron chi connectivity index (χ1n) is 18.0. The molecule has 17 nitrogen and oxygen atoms in total. The quantitative estimate of drug-likeness (QED) is 0.103. The lowest BCUT2D eigenvalue weighted by molar-refractivity contribution is 0.0253. The van der Waals surface area contributed by atoms with Gasteiger partial charge in [-0.15, -0.1) is 10.2 Å². The van der Waals surface area contributed by atoms with E-state index in [1.165, 1.54) is 31.1 Å². The number of hydrogen-bond acceptors (Lipinski definition) is 13. The molecule has 2 atom stereocenters. The molecule has 0 radical (unpaired) electrons. The van der Waals surface area contributed by atoms with Crippen LogP contribution in [0.2, 0.25) is 0 Å². The Kier molecular flexibility index (Phi) is 14.6. The van der Waals surface area contributed by atoms with Crippen molar-refractivity contribution >= 4 is 48.7 Å². The Bertz CT molecular complexity index is 2390. The number of aliphatic hydroxyl groups excluding tert-OH is 1. The summed E-state index contributed by atoms with van der Waals surface area (Å²) in [6, 6.07) is 22.1. The molecule has 0 saturated carbocycles. The highest BCUT2D eigenvalue weighted by Gasteiger charge is 2.41. The van der Waals surface area contributed by atoms with Crippen LogP contribution in [0.4, 0.5) is 4.79 Å². The highest BCUT2D eigenvalue weighted by molar-refractivity contribution is 14.1. The van der Waals surface area contributed by atoms with Gasteiger partial charge in [0, 0.05) is 16.7 Å². The number of ether oxygens (including phenoxy) is 4. The van der Waals surface area contributed by atoms with E-state index in [-0.39, 0.29) is 31.0 Å². The van der Waals surface area contributed by atoms with Gasteiger partial charge in [-0.3, -0.25) is 0 Å². The van der Waals surface area contributed by atoms with E-state index >= 15 is 8.42 Å². The van der Waals surface area contributed by atoms with Gasteiger partial charge in [-0.05, 0) is 98.4 Å². The number of nitrogens with zero attached hydrogens (tertiary/aromatic N) is 5. The zero-order valence-electron chi connectivity index (χ0n) is 33.2. The monoisotopic (exact) mass is 963 g/mol. The Morgan fingerprint density at radius 3 is 1.78 bits per heavy atom. The molecular formula is C39H46IN7O10S2. The van der Waals surface area contributed by atoms with Crippen LogP contribution in [-0.4, -0.2) is 92.6 Å². The van der Waals surface area contributed by atoms with Crippen LogP contribution in [0, 0.1) is 8.99 Å². The Hall–Kier alpha value is -4.87. The molecule has 0 fully saturated rings. The molecule has 1 heterocycles. The number of primary amides is 1. The number of carbonyl (C=O) groups excluding carboxylic acids is 1. The molecule has 5 aromatic rings. The molecular weight excluding hydrogens is 918 g/mol. The van der Waals surface area contributed by atoms with Crippen LogP contribution in [0.3, 0.4) is 0 Å². The smallest absolute Gasteiger partial charge is 0.404 e. The van der Waals surface area contributed by atoms with Gasteiger partial charge in [-0.2, -0.15) is 9.10 Å². The summed E-state index contributed by atoms with van der Waals surface area (Å²) in [5.74, 6) is 1.60. The van der Waals surface area contributed by atoms with Crippen molar-refractivity contribution in [1.29, 1.82) is 0 Å². The Labute approximate surface area is 357 Å². The van der Waals surface area contributed by atoms with E-state index in [1.54, 1.807) is 88.5 Å². The van der Waals surface area contributed by atoms with Gasteiger partial charge in [0.1, 0.15) is 39.8 Å². The second-order valence-electron chi connectivity index (χ2n) is 14.4. The summed E-state index contributed by atoms with van der Waals surface area (Å²) in [5.41, 5.74) is 5.96. The van der Waals surface area contributed by atoms with E-state index in [0.29, 0.717) is 31.9 Å². The zero-order chi connectivity index (χ0) is 43.1. The van der Waals surface area contributed by atoms with Crippen molar-refractivity contribution in [3.63, 3.8) is 0 Å². The van der Waals surface area contributed by atoms with Crippen LogP contribution in [0.5, 0.6) is 17.2 Å². The molecule has 0 aliphatic carbocycles. The zero-order valence-corrected chi connectivity index (χ0v) is 37.0. The molecule has 316 valence electrons. The van der Waals surface area contributed by atoms with Crippen LogP contribution in [-0.2, 0) is 44.4 Å². The summed E-state index contributed by atoms with van der Waals surface area (Å²) in [6.45, 7) is 4.09. The maximum absolute atomic E-state index is 15.5. The van der Waals surface area contributed by atoms with E-state index in [9.17, 15) is 18.3 Å². The normalized spacial score (nSPS) is 13.2. The molecule has 20 heteroatoms. The van der Waals surface area contributed by atoms with Gasteiger partial charge in [-0.1, -0.05) is 57.2 Å². The summed E-state index contributed by atoms with van der Waals surface area (Å²) in [6.07, 6.45) is -2.75. The molecule has 1 aromatic heterocycles. The molecule has 0 spiro atoms. The lowest BCUT2D eigenvalue weighted by Crippen LogP contribution is -2.53. The van der Waals surface area contributed by atoms with E-state index in [4.69, 9.17) is 24.7 Å². The van der Waals surface area contributed by atoms with Crippen molar-refractivity contribution in [1.82, 2.24) is 29.2 Å². The number of aliphatic hydroxyl groups is 1. The fourth-order valence-corrected chi connectivity index (χ4v) is 10.8. The number of rotatable bonds is 18. The van der Waals surface area contributed by atoms with Crippen LogP contribution in [0.15, 0.2) is 94.7 Å². The maximum atomic E-state index is 15.5. The molecule has 5 rings (SSSR count). The number of benzene rings is 4. The number of nitrogens with one attached hydrogen (secondary N) is 1. The Morgan fingerprint density at radius 2 is 1.32 bits per heavy atom. The van der Waals surface area contributed by atoms with Crippen LogP contribution < -0.4 is 24.7 Å². The lowest BCUT2D eigenvalue weighted by Gasteiger charge is -2.35. The molecule has 1 amide bonds. The van der Waals surface area contributed by atoms with Gasteiger partial charge in [0.25, 0.3) is 0 Å². The van der Waals surface area contributed by atoms with E-state index in [1.807, 2.05) is 34.7 Å². The van der Waals surface area contributed by atoms with Crippen LogP contribution >= 0.6 is 22.6 Å². The molecule has 59 heavy (non-hydrogen) atoms. The van der Waals surface area contributed by atoms with Crippen molar-refractivity contribution < 1.29 is 45.7 Å². The predicted molar refractivity (Wildman–Crippen MR) is 226 cm³/mol. The Balaban J connectivity index is 1.72. The third kappa shape index (κ3) is 11.2. The minimum absolute atomic E-state index is 0.117. The van der Waals surface area contributed by atoms with Crippen molar-refractivity contribution in [2.24, 2.45) is 11.1 Å². The van der Waals surface area contributed by atoms with Gasteiger partial charge in [0.05, 0.1) is 39.5 Å². The number of carbonyl (C=O) groups is 1. The van der Waals surface area contributed by atoms with Gasteiger partial charge in [-0.25, -0.2) is 26.4 Å². The summed E-state index contributed by atoms with van der Waals surface area (Å²) in [7, 11) is -5.12. The average molecular weight is 964 g/mol. The number of methoxy groups -OCH3 is 3. The van der Waals surface area contributed by atoms with Gasteiger partial charge < -0.3 is 29.8 Å². The average Bonchev–Trinajstić information content (AvgIpc) is 3.66. The third-order valence-electron chi connectivity index (χ3n) is 9.15. The van der Waals surface area contributed by atoms with Crippen molar-refractivity contribution in [2.45, 2.75) is 62.3 Å². The first kappa shape index (κ1) is 45.2. The fourth-order valence-electron chi connectivity index (χ4n) is 6.07. The van der Waals surface area contributed by atoms with Gasteiger partial charge >= 0.3 is 6.09 Å². The number of halogens is 1. The molecule has 1 unspecified atom stereocenters. The number of sulfonamides is 2. The second kappa shape index (κ2) is 19.0. The number of amides is 1. The molecule has 4 N–H and O–H groups in total. The number of hydrogen-bond donors (Lipinski definition) is 3. The second-order valence-corrected chi connectivity index (χ2v) is 19.1.